The maximum atomic E-state index is 11.1. The molecule has 0 spiro atoms. The molecule has 152 valence electrons. The summed E-state index contributed by atoms with van der Waals surface area (Å²) in [5.41, 5.74) is 6.08. The van der Waals surface area contributed by atoms with Crippen LogP contribution in [-0.4, -0.2) is 10.3 Å². The fourth-order valence-corrected chi connectivity index (χ4v) is 3.86. The van der Waals surface area contributed by atoms with Gasteiger partial charge in [0.2, 0.25) is 0 Å². The summed E-state index contributed by atoms with van der Waals surface area (Å²) < 4.78 is 5.65. The summed E-state index contributed by atoms with van der Waals surface area (Å²) in [5, 5.41) is 15.3. The van der Waals surface area contributed by atoms with E-state index < -0.39 is 6.10 Å². The van der Waals surface area contributed by atoms with Crippen molar-refractivity contribution in [3.63, 3.8) is 0 Å². The van der Waals surface area contributed by atoms with Gasteiger partial charge in [-0.25, -0.2) is 0 Å². The molecule has 0 saturated heterocycles. The third-order valence-corrected chi connectivity index (χ3v) is 5.73. The predicted molar refractivity (Wildman–Crippen MR) is 121 cm³/mol. The number of aliphatic hydroxyl groups is 1. The number of hydrogen-bond donors (Lipinski definition) is 1. The van der Waals surface area contributed by atoms with E-state index in [4.69, 9.17) is 4.52 Å². The van der Waals surface area contributed by atoms with Crippen LogP contribution in [0.5, 0.6) is 0 Å². The van der Waals surface area contributed by atoms with Crippen LogP contribution >= 0.6 is 0 Å². The van der Waals surface area contributed by atoms with E-state index in [1.54, 1.807) is 0 Å². The molecule has 30 heavy (non-hydrogen) atoms. The minimum absolute atomic E-state index is 0.0886. The first kappa shape index (κ1) is 20.1. The highest BCUT2D eigenvalue weighted by Crippen LogP contribution is 2.36. The highest BCUT2D eigenvalue weighted by atomic mass is 16.5. The van der Waals surface area contributed by atoms with Crippen LogP contribution in [0.4, 0.5) is 0 Å². The molecule has 2 atom stereocenters. The molecule has 3 aromatic carbocycles. The first-order chi connectivity index (χ1) is 14.6. The molecular weight excluding hydrogens is 370 g/mol. The molecule has 0 amide bonds. The zero-order chi connectivity index (χ0) is 20.9. The van der Waals surface area contributed by atoms with Crippen molar-refractivity contribution >= 4 is 0 Å². The summed E-state index contributed by atoms with van der Waals surface area (Å²) >= 11 is 0. The van der Waals surface area contributed by atoms with E-state index in [-0.39, 0.29) is 5.92 Å². The summed E-state index contributed by atoms with van der Waals surface area (Å²) in [6.45, 7) is 3.98. The van der Waals surface area contributed by atoms with Gasteiger partial charge < -0.3 is 9.63 Å². The smallest absolute Gasteiger partial charge is 0.172 e. The Morgan fingerprint density at radius 1 is 0.800 bits per heavy atom. The third kappa shape index (κ3) is 4.37. The molecule has 1 heterocycles. The van der Waals surface area contributed by atoms with Gasteiger partial charge in [0, 0.05) is 5.56 Å². The summed E-state index contributed by atoms with van der Waals surface area (Å²) in [7, 11) is 0. The monoisotopic (exact) mass is 397 g/mol. The maximum Gasteiger partial charge on any atom is 0.172 e. The molecule has 3 heteroatoms. The number of aliphatic hydroxyl groups excluding tert-OH is 1. The summed E-state index contributed by atoms with van der Waals surface area (Å²) in [4.78, 5) is 0. The van der Waals surface area contributed by atoms with E-state index in [0.29, 0.717) is 5.76 Å². The van der Waals surface area contributed by atoms with Gasteiger partial charge in [0.1, 0.15) is 0 Å². The lowest BCUT2D eigenvalue weighted by atomic mass is 9.89. The van der Waals surface area contributed by atoms with Gasteiger partial charge in [-0.2, -0.15) is 0 Å². The zero-order valence-electron chi connectivity index (χ0n) is 17.5. The second kappa shape index (κ2) is 9.10. The Kier molecular flexibility index (Phi) is 6.10. The Morgan fingerprint density at radius 2 is 1.37 bits per heavy atom. The molecular formula is C27H27NO2. The van der Waals surface area contributed by atoms with Crippen LogP contribution in [0.15, 0.2) is 89.5 Å². The van der Waals surface area contributed by atoms with Crippen LogP contribution in [0, 0.1) is 12.8 Å². The lowest BCUT2D eigenvalue weighted by molar-refractivity contribution is 0.112. The van der Waals surface area contributed by atoms with Gasteiger partial charge in [-0.3, -0.25) is 0 Å². The second-order valence-electron chi connectivity index (χ2n) is 7.90. The molecule has 0 saturated carbocycles. The lowest BCUT2D eigenvalue weighted by Crippen LogP contribution is -2.11. The van der Waals surface area contributed by atoms with Crippen LogP contribution in [0.3, 0.4) is 0 Å². The van der Waals surface area contributed by atoms with Gasteiger partial charge in [0.25, 0.3) is 0 Å². The largest absolute Gasteiger partial charge is 0.388 e. The Bertz CT molecular complexity index is 1070. The van der Waals surface area contributed by atoms with E-state index in [1.807, 2.05) is 43.3 Å². The van der Waals surface area contributed by atoms with Crippen molar-refractivity contribution in [2.75, 3.05) is 0 Å². The second-order valence-corrected chi connectivity index (χ2v) is 7.90. The van der Waals surface area contributed by atoms with Crippen molar-refractivity contribution in [1.82, 2.24) is 5.16 Å². The van der Waals surface area contributed by atoms with E-state index in [9.17, 15) is 5.11 Å². The molecule has 1 N–H and O–H groups in total. The standard InChI is InChI=1S/C27H27NO2/c1-19(13-14-21-9-5-3-6-10-21)26(29)25-20(2)28-30-27(25)24-17-15-23(16-18-24)22-11-7-4-8-12-22/h3-12,15-19,26,29H,13-14H2,1-2H3. The quantitative estimate of drug-likeness (QED) is 0.381. The van der Waals surface area contributed by atoms with Crippen molar-refractivity contribution in [2.24, 2.45) is 5.92 Å². The van der Waals surface area contributed by atoms with Gasteiger partial charge >= 0.3 is 0 Å². The minimum atomic E-state index is -0.622. The summed E-state index contributed by atoms with van der Waals surface area (Å²) in [6.07, 6.45) is 1.20. The molecule has 1 aromatic heterocycles. The first-order valence-electron chi connectivity index (χ1n) is 10.5. The van der Waals surface area contributed by atoms with Crippen LogP contribution < -0.4 is 0 Å². The Hall–Kier alpha value is -3.17. The van der Waals surface area contributed by atoms with Gasteiger partial charge in [-0.1, -0.05) is 97.0 Å². The number of rotatable bonds is 7. The van der Waals surface area contributed by atoms with Gasteiger partial charge in [0.15, 0.2) is 5.76 Å². The minimum Gasteiger partial charge on any atom is -0.388 e. The normalized spacial score (nSPS) is 13.2. The first-order valence-corrected chi connectivity index (χ1v) is 10.5. The highest BCUT2D eigenvalue weighted by molar-refractivity contribution is 5.69. The summed E-state index contributed by atoms with van der Waals surface area (Å²) in [5.74, 6) is 0.747. The van der Waals surface area contributed by atoms with Gasteiger partial charge in [-0.05, 0) is 42.4 Å². The zero-order valence-corrected chi connectivity index (χ0v) is 17.5. The molecule has 4 rings (SSSR count). The number of nitrogens with zero attached hydrogens (tertiary/aromatic N) is 1. The molecule has 0 aliphatic carbocycles. The molecule has 3 nitrogen and oxygen atoms in total. The predicted octanol–water partition coefficient (Wildman–Crippen LogP) is 6.62. The van der Waals surface area contributed by atoms with Crippen molar-refractivity contribution in [2.45, 2.75) is 32.8 Å². The van der Waals surface area contributed by atoms with E-state index in [2.05, 4.69) is 60.6 Å². The average molecular weight is 398 g/mol. The van der Waals surface area contributed by atoms with Crippen LogP contribution in [0.1, 0.15) is 36.3 Å². The number of hydrogen-bond acceptors (Lipinski definition) is 3. The van der Waals surface area contributed by atoms with Crippen molar-refractivity contribution < 1.29 is 9.63 Å². The topological polar surface area (TPSA) is 46.3 Å². The SMILES string of the molecule is Cc1noc(-c2ccc(-c3ccccc3)cc2)c1C(O)C(C)CCc1ccccc1. The molecule has 0 fully saturated rings. The Labute approximate surface area is 178 Å². The van der Waals surface area contributed by atoms with E-state index in [0.717, 1.165) is 35.2 Å². The highest BCUT2D eigenvalue weighted by Gasteiger charge is 2.26. The Morgan fingerprint density at radius 3 is 2.03 bits per heavy atom. The van der Waals surface area contributed by atoms with Gasteiger partial charge in [-0.15, -0.1) is 0 Å². The van der Waals surface area contributed by atoms with E-state index >= 15 is 0 Å². The third-order valence-electron chi connectivity index (χ3n) is 5.73. The molecule has 4 aromatic rings. The molecule has 0 aliphatic rings. The fraction of sp³-hybridized carbons (Fsp3) is 0.222. The molecule has 0 radical (unpaired) electrons. The van der Waals surface area contributed by atoms with Crippen LogP contribution in [0.25, 0.3) is 22.5 Å². The van der Waals surface area contributed by atoms with Gasteiger partial charge in [0.05, 0.1) is 17.4 Å². The van der Waals surface area contributed by atoms with Crippen LogP contribution in [-0.2, 0) is 6.42 Å². The molecule has 0 aliphatic heterocycles. The summed E-state index contributed by atoms with van der Waals surface area (Å²) in [6, 6.07) is 28.9. The molecule has 0 bridgehead atoms. The van der Waals surface area contributed by atoms with E-state index in [1.165, 1.54) is 11.1 Å². The number of aryl methyl sites for hydroxylation is 2. The number of benzene rings is 3. The maximum absolute atomic E-state index is 11.1. The Balaban J connectivity index is 1.53. The van der Waals surface area contributed by atoms with Crippen molar-refractivity contribution in [3.05, 3.63) is 102 Å². The fourth-order valence-electron chi connectivity index (χ4n) is 3.86. The van der Waals surface area contributed by atoms with Crippen LogP contribution in [0.2, 0.25) is 0 Å². The van der Waals surface area contributed by atoms with Crippen molar-refractivity contribution in [3.8, 4) is 22.5 Å². The van der Waals surface area contributed by atoms with Crippen molar-refractivity contribution in [1.29, 1.82) is 0 Å². The lowest BCUT2D eigenvalue weighted by Gasteiger charge is -2.19. The molecule has 2 unspecified atom stereocenters. The average Bonchev–Trinajstić information content (AvgIpc) is 3.19. The number of aromatic nitrogens is 1.